The Kier molecular flexibility index (Phi) is 6.07. The number of likely N-dealkylation sites (N-methyl/N-ethyl adjacent to an activating group) is 1. The number of benzene rings is 1. The second-order valence-electron chi connectivity index (χ2n) is 6.52. The Morgan fingerprint density at radius 3 is 2.38 bits per heavy atom. The van der Waals surface area contributed by atoms with Crippen LogP contribution in [-0.4, -0.2) is 42.4 Å². The third-order valence-electron chi connectivity index (χ3n) is 4.33. The Hall–Kier alpha value is -1.06. The number of aryl methyl sites for hydroxylation is 2. The first kappa shape index (κ1) is 16.3. The second kappa shape index (κ2) is 7.81. The maximum absolute atomic E-state index is 10.2. The van der Waals surface area contributed by atoms with Gasteiger partial charge < -0.3 is 14.7 Å². The smallest absolute Gasteiger partial charge is 0.119 e. The van der Waals surface area contributed by atoms with Crippen LogP contribution in [-0.2, 0) is 0 Å². The van der Waals surface area contributed by atoms with Crippen molar-refractivity contribution in [1.82, 2.24) is 4.90 Å². The zero-order valence-corrected chi connectivity index (χ0v) is 13.6. The maximum Gasteiger partial charge on any atom is 0.119 e. The Morgan fingerprint density at radius 1 is 1.14 bits per heavy atom. The van der Waals surface area contributed by atoms with Crippen LogP contribution in [0.2, 0.25) is 0 Å². The van der Waals surface area contributed by atoms with Crippen molar-refractivity contribution in [3.63, 3.8) is 0 Å². The van der Waals surface area contributed by atoms with E-state index in [-0.39, 0.29) is 0 Å². The largest absolute Gasteiger partial charge is 0.491 e. The van der Waals surface area contributed by atoms with Crippen LogP contribution < -0.4 is 4.74 Å². The normalized spacial score (nSPS) is 18.0. The van der Waals surface area contributed by atoms with E-state index in [4.69, 9.17) is 4.74 Å². The highest BCUT2D eigenvalue weighted by Crippen LogP contribution is 2.22. The summed E-state index contributed by atoms with van der Waals surface area (Å²) in [6, 6.07) is 6.80. The number of hydrogen-bond donors (Lipinski definition) is 1. The second-order valence-corrected chi connectivity index (χ2v) is 6.52. The number of nitrogens with zero attached hydrogens (tertiary/aromatic N) is 1. The molecule has 1 aliphatic carbocycles. The molecule has 0 amide bonds. The van der Waals surface area contributed by atoms with Gasteiger partial charge in [-0.1, -0.05) is 25.3 Å². The molecule has 118 valence electrons. The summed E-state index contributed by atoms with van der Waals surface area (Å²) in [4.78, 5) is 2.30. The zero-order valence-electron chi connectivity index (χ0n) is 13.6. The Balaban J connectivity index is 1.77. The summed E-state index contributed by atoms with van der Waals surface area (Å²) in [6.07, 6.45) is 6.11. The summed E-state index contributed by atoms with van der Waals surface area (Å²) < 4.78 is 5.74. The van der Waals surface area contributed by atoms with Crippen molar-refractivity contribution in [1.29, 1.82) is 0 Å². The molecule has 0 heterocycles. The first-order valence-electron chi connectivity index (χ1n) is 8.14. The first-order chi connectivity index (χ1) is 10.0. The molecule has 1 saturated carbocycles. The Morgan fingerprint density at radius 2 is 1.76 bits per heavy atom. The van der Waals surface area contributed by atoms with E-state index in [1.807, 2.05) is 12.1 Å². The van der Waals surface area contributed by atoms with E-state index in [2.05, 4.69) is 31.9 Å². The number of rotatable bonds is 6. The van der Waals surface area contributed by atoms with Gasteiger partial charge in [0.15, 0.2) is 0 Å². The van der Waals surface area contributed by atoms with Crippen LogP contribution >= 0.6 is 0 Å². The van der Waals surface area contributed by atoms with Crippen LogP contribution in [0.5, 0.6) is 5.75 Å². The molecule has 1 N–H and O–H groups in total. The van der Waals surface area contributed by atoms with Crippen molar-refractivity contribution in [3.05, 3.63) is 29.3 Å². The average molecular weight is 291 g/mol. The maximum atomic E-state index is 10.2. The molecule has 0 saturated heterocycles. The molecule has 0 spiro atoms. The molecule has 0 aromatic heterocycles. The lowest BCUT2D eigenvalue weighted by molar-refractivity contribution is 0.0561. The van der Waals surface area contributed by atoms with Gasteiger partial charge in [0, 0.05) is 12.6 Å². The fourth-order valence-electron chi connectivity index (χ4n) is 3.26. The van der Waals surface area contributed by atoms with E-state index >= 15 is 0 Å². The lowest BCUT2D eigenvalue weighted by atomic mass is 9.94. The average Bonchev–Trinajstić information content (AvgIpc) is 2.45. The summed E-state index contributed by atoms with van der Waals surface area (Å²) in [5, 5.41) is 10.2. The minimum atomic E-state index is -0.433. The van der Waals surface area contributed by atoms with Gasteiger partial charge in [-0.3, -0.25) is 0 Å². The molecule has 1 atom stereocenters. The van der Waals surface area contributed by atoms with Crippen LogP contribution in [0, 0.1) is 13.8 Å². The lowest BCUT2D eigenvalue weighted by Crippen LogP contribution is -2.40. The van der Waals surface area contributed by atoms with Crippen molar-refractivity contribution in [2.75, 3.05) is 20.2 Å². The predicted molar refractivity (Wildman–Crippen MR) is 86.9 cm³/mol. The number of aliphatic hydroxyl groups is 1. The molecule has 0 unspecified atom stereocenters. The van der Waals surface area contributed by atoms with Gasteiger partial charge >= 0.3 is 0 Å². The SMILES string of the molecule is Cc1cc(C)cc(OC[C@H](O)CN(C)C2CCCCC2)c1. The summed E-state index contributed by atoms with van der Waals surface area (Å²) in [6.45, 7) is 5.18. The molecule has 0 aliphatic heterocycles. The molecule has 2 rings (SSSR count). The fraction of sp³-hybridized carbons (Fsp3) is 0.667. The molecule has 21 heavy (non-hydrogen) atoms. The molecule has 1 aromatic carbocycles. The quantitative estimate of drug-likeness (QED) is 0.873. The van der Waals surface area contributed by atoms with Crippen molar-refractivity contribution >= 4 is 0 Å². The molecule has 0 radical (unpaired) electrons. The monoisotopic (exact) mass is 291 g/mol. The van der Waals surface area contributed by atoms with E-state index in [0.717, 1.165) is 5.75 Å². The summed E-state index contributed by atoms with van der Waals surface area (Å²) in [5.41, 5.74) is 2.39. The summed E-state index contributed by atoms with van der Waals surface area (Å²) >= 11 is 0. The van der Waals surface area contributed by atoms with E-state index in [1.54, 1.807) is 0 Å². The number of aliphatic hydroxyl groups excluding tert-OH is 1. The van der Waals surface area contributed by atoms with Gasteiger partial charge in [-0.25, -0.2) is 0 Å². The van der Waals surface area contributed by atoms with Crippen LogP contribution in [0.4, 0.5) is 0 Å². The topological polar surface area (TPSA) is 32.7 Å². The minimum absolute atomic E-state index is 0.361. The molecule has 1 aromatic rings. The van der Waals surface area contributed by atoms with Crippen LogP contribution in [0.15, 0.2) is 18.2 Å². The van der Waals surface area contributed by atoms with E-state index in [0.29, 0.717) is 19.2 Å². The highest BCUT2D eigenvalue weighted by molar-refractivity contribution is 5.32. The van der Waals surface area contributed by atoms with Crippen LogP contribution in [0.25, 0.3) is 0 Å². The third-order valence-corrected chi connectivity index (χ3v) is 4.33. The van der Waals surface area contributed by atoms with E-state index < -0.39 is 6.10 Å². The Bertz CT molecular complexity index is 421. The molecule has 0 bridgehead atoms. The van der Waals surface area contributed by atoms with Gasteiger partial charge in [0.05, 0.1) is 0 Å². The van der Waals surface area contributed by atoms with Crippen molar-refractivity contribution in [2.45, 2.75) is 58.1 Å². The van der Waals surface area contributed by atoms with Gasteiger partial charge in [0.25, 0.3) is 0 Å². The highest BCUT2D eigenvalue weighted by atomic mass is 16.5. The van der Waals surface area contributed by atoms with E-state index in [9.17, 15) is 5.11 Å². The lowest BCUT2D eigenvalue weighted by Gasteiger charge is -2.32. The molecule has 1 fully saturated rings. The molecular formula is C18H29NO2. The van der Waals surface area contributed by atoms with Crippen molar-refractivity contribution < 1.29 is 9.84 Å². The van der Waals surface area contributed by atoms with Gasteiger partial charge in [-0.15, -0.1) is 0 Å². The van der Waals surface area contributed by atoms with Gasteiger partial charge in [0.2, 0.25) is 0 Å². The van der Waals surface area contributed by atoms with Crippen molar-refractivity contribution in [3.8, 4) is 5.75 Å². The van der Waals surface area contributed by atoms with Gasteiger partial charge in [-0.2, -0.15) is 0 Å². The van der Waals surface area contributed by atoms with E-state index in [1.165, 1.54) is 43.2 Å². The fourth-order valence-corrected chi connectivity index (χ4v) is 3.26. The zero-order chi connectivity index (χ0) is 15.2. The molecule has 1 aliphatic rings. The highest BCUT2D eigenvalue weighted by Gasteiger charge is 2.20. The van der Waals surface area contributed by atoms with Gasteiger partial charge in [0.1, 0.15) is 18.5 Å². The van der Waals surface area contributed by atoms with Crippen molar-refractivity contribution in [2.24, 2.45) is 0 Å². The first-order valence-corrected chi connectivity index (χ1v) is 8.14. The van der Waals surface area contributed by atoms with Gasteiger partial charge in [-0.05, 0) is 57.0 Å². The predicted octanol–water partition coefficient (Wildman–Crippen LogP) is 3.31. The summed E-state index contributed by atoms with van der Waals surface area (Å²) in [5.74, 6) is 0.854. The van der Waals surface area contributed by atoms with Crippen LogP contribution in [0.1, 0.15) is 43.2 Å². The standard InChI is InChI=1S/C18H29NO2/c1-14-9-15(2)11-18(10-14)21-13-17(20)12-19(3)16-7-5-4-6-8-16/h9-11,16-17,20H,4-8,12-13H2,1-3H3/t17-/m1/s1. The minimum Gasteiger partial charge on any atom is -0.491 e. The number of hydrogen-bond acceptors (Lipinski definition) is 3. The molecule has 3 nitrogen and oxygen atoms in total. The summed E-state index contributed by atoms with van der Waals surface area (Å²) in [7, 11) is 2.12. The number of ether oxygens (including phenoxy) is 1. The third kappa shape index (κ3) is 5.33. The Labute approximate surface area is 128 Å². The molecular weight excluding hydrogens is 262 g/mol. The molecule has 3 heteroatoms. The van der Waals surface area contributed by atoms with Crippen LogP contribution in [0.3, 0.4) is 0 Å².